The first-order chi connectivity index (χ1) is 12.6. The minimum absolute atomic E-state index is 0.155. The van der Waals surface area contributed by atoms with E-state index >= 15 is 0 Å². The standard InChI is InChI=1S/C17H21F6N3O/c18-16(19,20)15(17(21,22)23,25-13-7-4-10-24-11-13)26-14(27)9-8-12-5-2-1-3-6-12/h4,7,10-12,25H,1-3,5-6,8-9H2,(H,26,27). The zero-order chi connectivity index (χ0) is 20.1. The molecule has 0 unspecified atom stereocenters. The molecule has 4 nitrogen and oxygen atoms in total. The summed E-state index contributed by atoms with van der Waals surface area (Å²) >= 11 is 0. The lowest BCUT2D eigenvalue weighted by Crippen LogP contribution is -2.72. The number of amides is 1. The third kappa shape index (κ3) is 5.26. The summed E-state index contributed by atoms with van der Waals surface area (Å²) in [7, 11) is 0. The number of nitrogens with one attached hydrogen (secondary N) is 2. The maximum Gasteiger partial charge on any atom is 0.439 e. The minimum Gasteiger partial charge on any atom is -0.346 e. The van der Waals surface area contributed by atoms with E-state index in [1.807, 2.05) is 0 Å². The van der Waals surface area contributed by atoms with Gasteiger partial charge in [0.05, 0.1) is 11.9 Å². The molecular weight excluding hydrogens is 376 g/mol. The summed E-state index contributed by atoms with van der Waals surface area (Å²) in [4.78, 5) is 15.5. The molecule has 1 amide bonds. The van der Waals surface area contributed by atoms with Crippen LogP contribution in [0.4, 0.5) is 32.0 Å². The van der Waals surface area contributed by atoms with Gasteiger partial charge < -0.3 is 10.6 Å². The van der Waals surface area contributed by atoms with Gasteiger partial charge >= 0.3 is 18.0 Å². The van der Waals surface area contributed by atoms with Crippen LogP contribution in [0.5, 0.6) is 0 Å². The Bertz CT molecular complexity index is 597. The van der Waals surface area contributed by atoms with Crippen LogP contribution in [0, 0.1) is 5.92 Å². The molecule has 10 heteroatoms. The van der Waals surface area contributed by atoms with Crippen LogP contribution in [-0.2, 0) is 4.79 Å². The second-order valence-electron chi connectivity index (χ2n) is 6.70. The second kappa shape index (κ2) is 8.35. The van der Waals surface area contributed by atoms with Gasteiger partial charge in [0.15, 0.2) is 0 Å². The van der Waals surface area contributed by atoms with Gasteiger partial charge in [0.25, 0.3) is 0 Å². The monoisotopic (exact) mass is 397 g/mol. The van der Waals surface area contributed by atoms with E-state index in [-0.39, 0.29) is 12.3 Å². The van der Waals surface area contributed by atoms with E-state index in [0.717, 1.165) is 44.4 Å². The molecule has 0 aromatic carbocycles. The lowest BCUT2D eigenvalue weighted by molar-refractivity contribution is -0.296. The Morgan fingerprint density at radius 1 is 1.07 bits per heavy atom. The summed E-state index contributed by atoms with van der Waals surface area (Å²) in [6, 6.07) is 2.19. The highest BCUT2D eigenvalue weighted by Crippen LogP contribution is 2.43. The molecule has 0 radical (unpaired) electrons. The van der Waals surface area contributed by atoms with Crippen LogP contribution in [0.25, 0.3) is 0 Å². The van der Waals surface area contributed by atoms with E-state index in [4.69, 9.17) is 0 Å². The highest BCUT2D eigenvalue weighted by atomic mass is 19.4. The van der Waals surface area contributed by atoms with Crippen LogP contribution in [-0.4, -0.2) is 28.9 Å². The van der Waals surface area contributed by atoms with Crippen LogP contribution < -0.4 is 10.6 Å². The van der Waals surface area contributed by atoms with Crippen LogP contribution in [0.1, 0.15) is 44.9 Å². The summed E-state index contributed by atoms with van der Waals surface area (Å²) in [6.07, 6.45) is -5.08. The average molecular weight is 397 g/mol. The molecule has 27 heavy (non-hydrogen) atoms. The van der Waals surface area contributed by atoms with Crippen molar-refractivity contribution in [2.75, 3.05) is 5.32 Å². The smallest absolute Gasteiger partial charge is 0.346 e. The number of aromatic nitrogens is 1. The van der Waals surface area contributed by atoms with Crippen molar-refractivity contribution in [3.8, 4) is 0 Å². The van der Waals surface area contributed by atoms with Crippen LogP contribution in [0.2, 0.25) is 0 Å². The van der Waals surface area contributed by atoms with Crippen molar-refractivity contribution in [1.29, 1.82) is 0 Å². The Hall–Kier alpha value is -2.00. The van der Waals surface area contributed by atoms with E-state index in [1.54, 1.807) is 0 Å². The predicted octanol–water partition coefficient (Wildman–Crippen LogP) is 4.79. The van der Waals surface area contributed by atoms with Gasteiger partial charge in [-0.15, -0.1) is 0 Å². The summed E-state index contributed by atoms with van der Waals surface area (Å²) < 4.78 is 81.0. The first kappa shape index (κ1) is 21.3. The number of nitrogens with zero attached hydrogens (tertiary/aromatic N) is 1. The molecule has 0 aliphatic heterocycles. The number of rotatable bonds is 6. The molecular formula is C17H21F6N3O. The number of hydrogen-bond acceptors (Lipinski definition) is 3. The molecule has 1 aliphatic rings. The highest BCUT2D eigenvalue weighted by molar-refractivity contribution is 5.77. The van der Waals surface area contributed by atoms with Crippen molar-refractivity contribution in [2.24, 2.45) is 5.92 Å². The molecule has 2 rings (SSSR count). The van der Waals surface area contributed by atoms with E-state index in [9.17, 15) is 31.1 Å². The molecule has 1 aliphatic carbocycles. The molecule has 1 fully saturated rings. The number of carbonyl (C=O) groups is 1. The van der Waals surface area contributed by atoms with E-state index in [0.29, 0.717) is 0 Å². The van der Waals surface area contributed by atoms with Crippen molar-refractivity contribution in [3.05, 3.63) is 24.5 Å². The maximum absolute atomic E-state index is 13.5. The molecule has 0 bridgehead atoms. The molecule has 1 aromatic rings. The minimum atomic E-state index is -5.82. The Morgan fingerprint density at radius 3 is 2.22 bits per heavy atom. The topological polar surface area (TPSA) is 54.0 Å². The zero-order valence-electron chi connectivity index (χ0n) is 14.5. The van der Waals surface area contributed by atoms with Gasteiger partial charge in [0.2, 0.25) is 5.91 Å². The molecule has 152 valence electrons. The predicted molar refractivity (Wildman–Crippen MR) is 86.7 cm³/mol. The fraction of sp³-hybridized carbons (Fsp3) is 0.647. The third-order valence-corrected chi connectivity index (χ3v) is 4.68. The highest BCUT2D eigenvalue weighted by Gasteiger charge is 2.72. The molecule has 0 saturated heterocycles. The Kier molecular flexibility index (Phi) is 6.59. The number of halogens is 6. The number of pyridine rings is 1. The van der Waals surface area contributed by atoms with E-state index in [2.05, 4.69) is 4.98 Å². The summed E-state index contributed by atoms with van der Waals surface area (Å²) in [6.45, 7) is 0. The number of alkyl halides is 6. The largest absolute Gasteiger partial charge is 0.439 e. The summed E-state index contributed by atoms with van der Waals surface area (Å²) in [5.41, 5.74) is -5.10. The molecule has 0 spiro atoms. The van der Waals surface area contributed by atoms with Crippen LogP contribution in [0.3, 0.4) is 0 Å². The first-order valence-electron chi connectivity index (χ1n) is 8.68. The average Bonchev–Trinajstić information content (AvgIpc) is 2.59. The van der Waals surface area contributed by atoms with Crippen molar-refractivity contribution >= 4 is 11.6 Å². The Labute approximate surface area is 152 Å². The molecule has 2 N–H and O–H groups in total. The molecule has 0 atom stereocenters. The fourth-order valence-corrected chi connectivity index (χ4v) is 3.21. The lowest BCUT2D eigenvalue weighted by Gasteiger charge is -2.39. The van der Waals surface area contributed by atoms with Gasteiger partial charge in [-0.25, -0.2) is 0 Å². The zero-order valence-corrected chi connectivity index (χ0v) is 14.5. The molecule has 1 aromatic heterocycles. The number of hydrogen-bond donors (Lipinski definition) is 2. The lowest BCUT2D eigenvalue weighted by atomic mass is 9.86. The summed E-state index contributed by atoms with van der Waals surface area (Å²) in [5, 5.41) is 2.57. The van der Waals surface area contributed by atoms with Crippen LogP contribution >= 0.6 is 0 Å². The van der Waals surface area contributed by atoms with Crippen molar-refractivity contribution < 1.29 is 31.1 Å². The van der Waals surface area contributed by atoms with Gasteiger partial charge in [-0.2, -0.15) is 26.3 Å². The Balaban J connectivity index is 2.19. The summed E-state index contributed by atoms with van der Waals surface area (Å²) in [5.74, 6) is -1.14. The van der Waals surface area contributed by atoms with E-state index < -0.39 is 36.0 Å². The van der Waals surface area contributed by atoms with Gasteiger partial charge in [0.1, 0.15) is 0 Å². The van der Waals surface area contributed by atoms with Gasteiger partial charge in [-0.05, 0) is 24.5 Å². The number of carbonyl (C=O) groups excluding carboxylic acids is 1. The van der Waals surface area contributed by atoms with Crippen LogP contribution in [0.15, 0.2) is 24.5 Å². The number of anilines is 1. The molecule has 1 heterocycles. The van der Waals surface area contributed by atoms with Crippen molar-refractivity contribution in [1.82, 2.24) is 10.3 Å². The van der Waals surface area contributed by atoms with Crippen molar-refractivity contribution in [3.63, 3.8) is 0 Å². The maximum atomic E-state index is 13.5. The van der Waals surface area contributed by atoms with Gasteiger partial charge in [0, 0.05) is 12.6 Å². The van der Waals surface area contributed by atoms with Gasteiger partial charge in [-0.1, -0.05) is 32.1 Å². The quantitative estimate of drug-likeness (QED) is 0.536. The molecule has 1 saturated carbocycles. The SMILES string of the molecule is O=C(CCC1CCCCC1)NC(Nc1cccnc1)(C(F)(F)F)C(F)(F)F. The third-order valence-electron chi connectivity index (χ3n) is 4.68. The van der Waals surface area contributed by atoms with Gasteiger partial charge in [-0.3, -0.25) is 9.78 Å². The normalized spacial score (nSPS) is 16.8. The first-order valence-corrected chi connectivity index (χ1v) is 8.68. The Morgan fingerprint density at radius 2 is 1.70 bits per heavy atom. The fourth-order valence-electron chi connectivity index (χ4n) is 3.21. The van der Waals surface area contributed by atoms with Crippen molar-refractivity contribution in [2.45, 2.75) is 63.0 Å². The second-order valence-corrected chi connectivity index (χ2v) is 6.70. The van der Waals surface area contributed by atoms with E-state index in [1.165, 1.54) is 22.9 Å².